The molecular weight excluding hydrogens is 292 g/mol. The van der Waals surface area contributed by atoms with Crippen LogP contribution < -0.4 is 11.1 Å². The highest BCUT2D eigenvalue weighted by Gasteiger charge is 2.35. The van der Waals surface area contributed by atoms with E-state index in [2.05, 4.69) is 26.1 Å². The van der Waals surface area contributed by atoms with E-state index in [-0.39, 0.29) is 17.4 Å². The van der Waals surface area contributed by atoms with E-state index in [1.807, 2.05) is 0 Å². The third-order valence-electron chi connectivity index (χ3n) is 4.25. The van der Waals surface area contributed by atoms with Crippen LogP contribution in [0.4, 0.5) is 0 Å². The summed E-state index contributed by atoms with van der Waals surface area (Å²) in [6, 6.07) is 6.37. The summed E-state index contributed by atoms with van der Waals surface area (Å²) in [4.78, 5) is 23.3. The summed E-state index contributed by atoms with van der Waals surface area (Å²) in [6.45, 7) is 7.89. The van der Waals surface area contributed by atoms with Gasteiger partial charge in [0, 0.05) is 30.2 Å². The third kappa shape index (κ3) is 4.55. The smallest absolute Gasteiger partial charge is 0.251 e. The predicted octanol–water partition coefficient (Wildman–Crippen LogP) is 2.36. The van der Waals surface area contributed by atoms with Crippen LogP contribution in [0.5, 0.6) is 0 Å². The van der Waals surface area contributed by atoms with Gasteiger partial charge in [0.1, 0.15) is 0 Å². The average Bonchev–Trinajstić information content (AvgIpc) is 2.52. The number of ether oxygens (including phenoxy) is 1. The van der Waals surface area contributed by atoms with Gasteiger partial charge in [-0.25, -0.2) is 0 Å². The van der Waals surface area contributed by atoms with Crippen molar-refractivity contribution < 1.29 is 14.3 Å². The van der Waals surface area contributed by atoms with Crippen molar-refractivity contribution in [3.63, 3.8) is 0 Å². The fourth-order valence-electron chi connectivity index (χ4n) is 3.12. The van der Waals surface area contributed by atoms with Gasteiger partial charge in [-0.15, -0.1) is 0 Å². The summed E-state index contributed by atoms with van der Waals surface area (Å²) in [6.07, 6.45) is 2.23. The molecule has 0 radical (unpaired) electrons. The number of rotatable bonds is 4. The number of hydrogen-bond acceptors (Lipinski definition) is 3. The number of nitrogens with one attached hydrogen (secondary N) is 1. The van der Waals surface area contributed by atoms with E-state index in [1.165, 1.54) is 0 Å². The Hall–Kier alpha value is -1.88. The van der Waals surface area contributed by atoms with E-state index in [0.717, 1.165) is 19.4 Å². The molecule has 0 aromatic heterocycles. The molecule has 5 nitrogen and oxygen atoms in total. The molecule has 1 heterocycles. The SMILES string of the molecule is CC(C)(C)[C@H]1OCCC[C@@H]1CNC(=O)c1ccc(C(N)=O)cc1. The maximum absolute atomic E-state index is 12.3. The molecular formula is C18H26N2O3. The Morgan fingerprint density at radius 3 is 2.39 bits per heavy atom. The first kappa shape index (κ1) is 17.5. The molecule has 1 saturated heterocycles. The Morgan fingerprint density at radius 1 is 1.22 bits per heavy atom. The van der Waals surface area contributed by atoms with Crippen molar-refractivity contribution in [2.24, 2.45) is 17.1 Å². The lowest BCUT2D eigenvalue weighted by Gasteiger charge is -2.40. The minimum Gasteiger partial charge on any atom is -0.377 e. The first-order chi connectivity index (χ1) is 10.8. The lowest BCUT2D eigenvalue weighted by molar-refractivity contribution is -0.0839. The van der Waals surface area contributed by atoms with E-state index in [1.54, 1.807) is 24.3 Å². The van der Waals surface area contributed by atoms with Gasteiger partial charge in [0.25, 0.3) is 5.91 Å². The zero-order chi connectivity index (χ0) is 17.0. The molecule has 0 unspecified atom stereocenters. The predicted molar refractivity (Wildman–Crippen MR) is 89.2 cm³/mol. The van der Waals surface area contributed by atoms with Crippen LogP contribution in [0.1, 0.15) is 54.3 Å². The fourth-order valence-corrected chi connectivity index (χ4v) is 3.12. The molecule has 2 rings (SSSR count). The zero-order valence-electron chi connectivity index (χ0n) is 14.1. The highest BCUT2D eigenvalue weighted by atomic mass is 16.5. The fraction of sp³-hybridized carbons (Fsp3) is 0.556. The van der Waals surface area contributed by atoms with Gasteiger partial charge in [0.05, 0.1) is 6.10 Å². The van der Waals surface area contributed by atoms with Gasteiger partial charge in [-0.2, -0.15) is 0 Å². The molecule has 0 saturated carbocycles. The van der Waals surface area contributed by atoms with Gasteiger partial charge in [-0.1, -0.05) is 20.8 Å². The summed E-state index contributed by atoms with van der Waals surface area (Å²) in [5, 5.41) is 2.98. The molecule has 1 aliphatic heterocycles. The van der Waals surface area contributed by atoms with Crippen LogP contribution in [0, 0.1) is 11.3 Å². The van der Waals surface area contributed by atoms with Gasteiger partial charge in [0.15, 0.2) is 0 Å². The Kier molecular flexibility index (Phi) is 5.42. The van der Waals surface area contributed by atoms with E-state index in [0.29, 0.717) is 23.6 Å². The zero-order valence-corrected chi connectivity index (χ0v) is 14.1. The molecule has 3 N–H and O–H groups in total. The normalized spacial score (nSPS) is 21.7. The second-order valence-corrected chi connectivity index (χ2v) is 7.21. The Balaban J connectivity index is 1.96. The van der Waals surface area contributed by atoms with Gasteiger partial charge < -0.3 is 15.8 Å². The minimum atomic E-state index is -0.496. The van der Waals surface area contributed by atoms with E-state index < -0.39 is 5.91 Å². The molecule has 1 aromatic carbocycles. The van der Waals surface area contributed by atoms with Crippen LogP contribution in [0.15, 0.2) is 24.3 Å². The second kappa shape index (κ2) is 7.13. The van der Waals surface area contributed by atoms with Gasteiger partial charge in [-0.05, 0) is 42.5 Å². The summed E-state index contributed by atoms with van der Waals surface area (Å²) in [5.41, 5.74) is 6.18. The topological polar surface area (TPSA) is 81.4 Å². The van der Waals surface area contributed by atoms with Gasteiger partial charge >= 0.3 is 0 Å². The van der Waals surface area contributed by atoms with Crippen molar-refractivity contribution in [2.45, 2.75) is 39.7 Å². The van der Waals surface area contributed by atoms with Crippen molar-refractivity contribution in [1.29, 1.82) is 0 Å². The number of hydrogen-bond donors (Lipinski definition) is 2. The van der Waals surface area contributed by atoms with Crippen molar-refractivity contribution in [3.05, 3.63) is 35.4 Å². The second-order valence-electron chi connectivity index (χ2n) is 7.21. The monoisotopic (exact) mass is 318 g/mol. The molecule has 1 fully saturated rings. The molecule has 5 heteroatoms. The van der Waals surface area contributed by atoms with Crippen molar-refractivity contribution in [3.8, 4) is 0 Å². The summed E-state index contributed by atoms with van der Waals surface area (Å²) in [5.74, 6) is -0.318. The third-order valence-corrected chi connectivity index (χ3v) is 4.25. The van der Waals surface area contributed by atoms with Crippen LogP contribution in [-0.4, -0.2) is 31.1 Å². The maximum atomic E-state index is 12.3. The lowest BCUT2D eigenvalue weighted by atomic mass is 9.78. The van der Waals surface area contributed by atoms with Crippen LogP contribution in [0.3, 0.4) is 0 Å². The van der Waals surface area contributed by atoms with Crippen LogP contribution in [-0.2, 0) is 4.74 Å². The average molecular weight is 318 g/mol. The van der Waals surface area contributed by atoms with Gasteiger partial charge in [0.2, 0.25) is 5.91 Å². The molecule has 1 aliphatic rings. The number of benzene rings is 1. The van der Waals surface area contributed by atoms with Crippen LogP contribution in [0.25, 0.3) is 0 Å². The molecule has 1 aromatic rings. The van der Waals surface area contributed by atoms with Crippen LogP contribution in [0.2, 0.25) is 0 Å². The highest BCUT2D eigenvalue weighted by Crippen LogP contribution is 2.33. The largest absolute Gasteiger partial charge is 0.377 e. The number of carbonyl (C=O) groups is 2. The summed E-state index contributed by atoms with van der Waals surface area (Å²) >= 11 is 0. The lowest BCUT2D eigenvalue weighted by Crippen LogP contribution is -2.45. The first-order valence-corrected chi connectivity index (χ1v) is 8.08. The Bertz CT molecular complexity index is 561. The number of amides is 2. The Labute approximate surface area is 137 Å². The van der Waals surface area contributed by atoms with Crippen molar-refractivity contribution in [2.75, 3.05) is 13.2 Å². The van der Waals surface area contributed by atoms with Gasteiger partial charge in [-0.3, -0.25) is 9.59 Å². The number of nitrogens with two attached hydrogens (primary N) is 1. The van der Waals surface area contributed by atoms with E-state index in [9.17, 15) is 9.59 Å². The number of carbonyl (C=O) groups excluding carboxylic acids is 2. The molecule has 0 bridgehead atoms. The summed E-state index contributed by atoms with van der Waals surface area (Å²) in [7, 11) is 0. The minimum absolute atomic E-state index is 0.0545. The van der Waals surface area contributed by atoms with Crippen molar-refractivity contribution in [1.82, 2.24) is 5.32 Å². The molecule has 0 spiro atoms. The standard InChI is InChI=1S/C18H26N2O3/c1-18(2,3)15-14(5-4-10-23-15)11-20-17(22)13-8-6-12(7-9-13)16(19)21/h6-9,14-15H,4-5,10-11H2,1-3H3,(H2,19,21)(H,20,22)/t14-,15+/m1/s1. The summed E-state index contributed by atoms with van der Waals surface area (Å²) < 4.78 is 5.93. The first-order valence-electron chi connectivity index (χ1n) is 8.08. The van der Waals surface area contributed by atoms with E-state index in [4.69, 9.17) is 10.5 Å². The maximum Gasteiger partial charge on any atom is 0.251 e. The highest BCUT2D eigenvalue weighted by molar-refractivity contribution is 5.97. The quantitative estimate of drug-likeness (QED) is 0.894. The molecule has 2 atom stereocenters. The number of primary amides is 1. The van der Waals surface area contributed by atoms with Crippen LogP contribution >= 0.6 is 0 Å². The molecule has 23 heavy (non-hydrogen) atoms. The molecule has 0 aliphatic carbocycles. The van der Waals surface area contributed by atoms with E-state index >= 15 is 0 Å². The van der Waals surface area contributed by atoms with Crippen molar-refractivity contribution >= 4 is 11.8 Å². The Morgan fingerprint density at radius 2 is 1.83 bits per heavy atom. The molecule has 2 amide bonds. The molecule has 126 valence electrons.